The van der Waals surface area contributed by atoms with Crippen molar-refractivity contribution < 1.29 is 38.8 Å². The number of aliphatic carboxylic acids is 2. The van der Waals surface area contributed by atoms with E-state index < -0.39 is 11.9 Å². The number of methoxy groups -OCH3 is 3. The van der Waals surface area contributed by atoms with Gasteiger partial charge in [0.05, 0.1) is 21.3 Å². The van der Waals surface area contributed by atoms with Crippen molar-refractivity contribution >= 4 is 17.8 Å². The van der Waals surface area contributed by atoms with Gasteiger partial charge in [-0.15, -0.1) is 0 Å². The van der Waals surface area contributed by atoms with Gasteiger partial charge < -0.3 is 29.3 Å². The maximum absolute atomic E-state index is 12.5. The summed E-state index contributed by atoms with van der Waals surface area (Å²) in [5.41, 5.74) is 1.71. The van der Waals surface area contributed by atoms with Crippen molar-refractivity contribution in [3.63, 3.8) is 0 Å². The lowest BCUT2D eigenvalue weighted by molar-refractivity contribution is -0.159. The van der Waals surface area contributed by atoms with Crippen LogP contribution in [0, 0.1) is 0 Å². The van der Waals surface area contributed by atoms with Crippen LogP contribution in [0.5, 0.6) is 17.2 Å². The molecule has 0 bridgehead atoms. The number of carboxylic acids is 2. The van der Waals surface area contributed by atoms with E-state index in [1.54, 1.807) is 45.9 Å². The third-order valence-corrected chi connectivity index (χ3v) is 4.95. The van der Waals surface area contributed by atoms with Crippen LogP contribution in [0.15, 0.2) is 36.7 Å². The Morgan fingerprint density at radius 1 is 0.848 bits per heavy atom. The van der Waals surface area contributed by atoms with Crippen molar-refractivity contribution in [1.29, 1.82) is 0 Å². The van der Waals surface area contributed by atoms with Crippen LogP contribution >= 0.6 is 0 Å². The van der Waals surface area contributed by atoms with Crippen LogP contribution in [0.2, 0.25) is 0 Å². The van der Waals surface area contributed by atoms with Gasteiger partial charge in [-0.2, -0.15) is 0 Å². The Morgan fingerprint density at radius 2 is 1.42 bits per heavy atom. The zero-order chi connectivity index (χ0) is 24.4. The second-order valence-electron chi connectivity index (χ2n) is 6.91. The second-order valence-corrected chi connectivity index (χ2v) is 6.91. The summed E-state index contributed by atoms with van der Waals surface area (Å²) in [6.45, 7) is 3.71. The third-order valence-electron chi connectivity index (χ3n) is 4.95. The van der Waals surface area contributed by atoms with Gasteiger partial charge in [0.1, 0.15) is 0 Å². The molecule has 0 radical (unpaired) electrons. The van der Waals surface area contributed by atoms with E-state index in [0.29, 0.717) is 35.9 Å². The molecule has 11 nitrogen and oxygen atoms in total. The molecule has 2 aromatic rings. The van der Waals surface area contributed by atoms with Crippen LogP contribution in [0.3, 0.4) is 0 Å². The van der Waals surface area contributed by atoms with Crippen molar-refractivity contribution in [3.8, 4) is 17.2 Å². The zero-order valence-electron chi connectivity index (χ0n) is 18.7. The van der Waals surface area contributed by atoms with Crippen molar-refractivity contribution in [2.75, 3.05) is 47.5 Å². The van der Waals surface area contributed by atoms with Crippen LogP contribution in [0.4, 0.5) is 0 Å². The molecule has 11 heteroatoms. The summed E-state index contributed by atoms with van der Waals surface area (Å²) < 4.78 is 16.4. The molecule has 1 aliphatic heterocycles. The van der Waals surface area contributed by atoms with E-state index in [4.69, 9.17) is 34.0 Å². The van der Waals surface area contributed by atoms with Gasteiger partial charge in [-0.05, 0) is 18.2 Å². The van der Waals surface area contributed by atoms with Crippen molar-refractivity contribution in [3.05, 3.63) is 47.8 Å². The van der Waals surface area contributed by atoms with E-state index >= 15 is 0 Å². The Hall–Kier alpha value is -3.86. The highest BCUT2D eigenvalue weighted by Crippen LogP contribution is 2.40. The predicted molar refractivity (Wildman–Crippen MR) is 117 cm³/mol. The number of nitrogens with zero attached hydrogens (tertiary/aromatic N) is 3. The van der Waals surface area contributed by atoms with Gasteiger partial charge in [0.2, 0.25) is 5.75 Å². The standard InChI is InChI=1S/C20H25N3O4.C2H2O4/c1-25-17-5-4-16(18(26-2)19(17)27-3)14-22-10-12-23(13-11-22)20(24)15-6-8-21-9-7-15;3-1(4)2(5)6/h4-9H,10-14H2,1-3H3;(H,3,4)(H,5,6). The maximum atomic E-state index is 12.5. The van der Waals surface area contributed by atoms with E-state index in [2.05, 4.69) is 9.88 Å². The predicted octanol–water partition coefficient (Wildman–Crippen LogP) is 1.22. The van der Waals surface area contributed by atoms with Gasteiger partial charge in [-0.3, -0.25) is 14.7 Å². The molecule has 2 N–H and O–H groups in total. The molecular weight excluding hydrogens is 434 g/mol. The Morgan fingerprint density at radius 3 is 1.91 bits per heavy atom. The molecule has 1 saturated heterocycles. The first-order valence-corrected chi connectivity index (χ1v) is 9.98. The molecule has 0 unspecified atom stereocenters. The number of ether oxygens (including phenoxy) is 3. The highest BCUT2D eigenvalue weighted by molar-refractivity contribution is 6.27. The first kappa shape index (κ1) is 25.4. The number of rotatable bonds is 6. The first-order valence-electron chi connectivity index (χ1n) is 9.98. The van der Waals surface area contributed by atoms with Crippen molar-refractivity contribution in [1.82, 2.24) is 14.8 Å². The van der Waals surface area contributed by atoms with Crippen LogP contribution in [0.25, 0.3) is 0 Å². The van der Waals surface area contributed by atoms with Gasteiger partial charge in [0, 0.05) is 56.2 Å². The van der Waals surface area contributed by atoms with Crippen molar-refractivity contribution in [2.45, 2.75) is 6.54 Å². The number of hydrogen-bond donors (Lipinski definition) is 2. The smallest absolute Gasteiger partial charge is 0.414 e. The Kier molecular flexibility index (Phi) is 9.43. The number of pyridine rings is 1. The van der Waals surface area contributed by atoms with Crippen LogP contribution in [-0.4, -0.2) is 90.4 Å². The molecule has 0 saturated carbocycles. The quantitative estimate of drug-likeness (QED) is 0.604. The van der Waals surface area contributed by atoms with Gasteiger partial charge in [0.25, 0.3) is 5.91 Å². The molecule has 2 heterocycles. The van der Waals surface area contributed by atoms with Gasteiger partial charge in [-0.1, -0.05) is 6.07 Å². The summed E-state index contributed by atoms with van der Waals surface area (Å²) >= 11 is 0. The second kappa shape index (κ2) is 12.2. The van der Waals surface area contributed by atoms with Crippen LogP contribution in [0.1, 0.15) is 15.9 Å². The summed E-state index contributed by atoms with van der Waals surface area (Å²) in [5.74, 6) is -1.66. The average molecular weight is 461 g/mol. The molecule has 0 spiro atoms. The lowest BCUT2D eigenvalue weighted by Gasteiger charge is -2.35. The highest BCUT2D eigenvalue weighted by atomic mass is 16.5. The lowest BCUT2D eigenvalue weighted by atomic mass is 10.1. The fourth-order valence-corrected chi connectivity index (χ4v) is 3.31. The van der Waals surface area contributed by atoms with Crippen LogP contribution < -0.4 is 14.2 Å². The molecule has 1 fully saturated rings. The topological polar surface area (TPSA) is 139 Å². The van der Waals surface area contributed by atoms with Gasteiger partial charge in [-0.25, -0.2) is 9.59 Å². The molecule has 33 heavy (non-hydrogen) atoms. The molecule has 178 valence electrons. The third kappa shape index (κ3) is 6.81. The fraction of sp³-hybridized carbons (Fsp3) is 0.364. The molecule has 1 aliphatic rings. The summed E-state index contributed by atoms with van der Waals surface area (Å²) in [5, 5.41) is 14.8. The Bertz CT molecular complexity index is 948. The van der Waals surface area contributed by atoms with E-state index in [1.807, 2.05) is 17.0 Å². The normalized spacial score (nSPS) is 13.4. The van der Waals surface area contributed by atoms with Crippen molar-refractivity contribution in [2.24, 2.45) is 0 Å². The summed E-state index contributed by atoms with van der Waals surface area (Å²) in [6, 6.07) is 7.39. The molecule has 3 rings (SSSR count). The van der Waals surface area contributed by atoms with E-state index in [1.165, 1.54) is 0 Å². The average Bonchev–Trinajstić information content (AvgIpc) is 2.84. The molecule has 0 aliphatic carbocycles. The molecule has 1 aromatic heterocycles. The zero-order valence-corrected chi connectivity index (χ0v) is 18.7. The summed E-state index contributed by atoms with van der Waals surface area (Å²) in [6.07, 6.45) is 3.29. The molecule has 1 amide bonds. The lowest BCUT2D eigenvalue weighted by Crippen LogP contribution is -2.48. The highest BCUT2D eigenvalue weighted by Gasteiger charge is 2.24. The van der Waals surface area contributed by atoms with E-state index in [-0.39, 0.29) is 5.91 Å². The number of amides is 1. The summed E-state index contributed by atoms with van der Waals surface area (Å²) in [7, 11) is 4.84. The molecular formula is C22H27N3O8. The van der Waals surface area contributed by atoms with E-state index in [9.17, 15) is 4.79 Å². The Balaban J connectivity index is 0.000000569. The number of piperazine rings is 1. The number of aromatic nitrogens is 1. The molecule has 1 aromatic carbocycles. The number of carboxylic acid groups (broad SMARTS) is 2. The Labute approximate surface area is 191 Å². The SMILES string of the molecule is COc1ccc(CN2CCN(C(=O)c3ccncc3)CC2)c(OC)c1OC.O=C(O)C(=O)O. The largest absolute Gasteiger partial charge is 0.493 e. The number of benzene rings is 1. The molecule has 0 atom stereocenters. The number of hydrogen-bond acceptors (Lipinski definition) is 8. The van der Waals surface area contributed by atoms with Gasteiger partial charge in [0.15, 0.2) is 11.5 Å². The minimum atomic E-state index is -1.82. The van der Waals surface area contributed by atoms with Gasteiger partial charge >= 0.3 is 11.9 Å². The fourth-order valence-electron chi connectivity index (χ4n) is 3.31. The number of carbonyl (C=O) groups excluding carboxylic acids is 1. The minimum Gasteiger partial charge on any atom is -0.493 e. The van der Waals surface area contributed by atoms with Crippen LogP contribution in [-0.2, 0) is 16.1 Å². The minimum absolute atomic E-state index is 0.0562. The summed E-state index contributed by atoms with van der Waals surface area (Å²) in [4.78, 5) is 38.9. The monoisotopic (exact) mass is 461 g/mol. The number of carbonyl (C=O) groups is 3. The maximum Gasteiger partial charge on any atom is 0.414 e. The van der Waals surface area contributed by atoms with E-state index in [0.717, 1.165) is 25.2 Å². The first-order chi connectivity index (χ1) is 15.8.